The molecule has 0 radical (unpaired) electrons. The summed E-state index contributed by atoms with van der Waals surface area (Å²) in [5, 5.41) is 0. The van der Waals surface area contributed by atoms with Crippen molar-refractivity contribution in [2.45, 2.75) is 39.2 Å². The van der Waals surface area contributed by atoms with Crippen molar-refractivity contribution < 1.29 is 0 Å². The van der Waals surface area contributed by atoms with E-state index in [4.69, 9.17) is 5.73 Å². The topological polar surface area (TPSA) is 29.3 Å². The number of hydrogen-bond donors (Lipinski definition) is 1. The first-order valence-corrected chi connectivity index (χ1v) is 6.26. The van der Waals surface area contributed by atoms with Crippen LogP contribution in [0.25, 0.3) is 0 Å². The number of nitrogens with zero attached hydrogens (tertiary/aromatic N) is 1. The molecule has 1 rings (SSSR count). The summed E-state index contributed by atoms with van der Waals surface area (Å²) in [6.45, 7) is 5.45. The lowest BCUT2D eigenvalue weighted by Gasteiger charge is -2.24. The van der Waals surface area contributed by atoms with Crippen LogP contribution in [0, 0.1) is 0 Å². The third-order valence-electron chi connectivity index (χ3n) is 3.03. The molecule has 1 aromatic carbocycles. The van der Waals surface area contributed by atoms with Crippen molar-refractivity contribution in [1.29, 1.82) is 0 Å². The Labute approximate surface area is 99.5 Å². The second-order valence-electron chi connectivity index (χ2n) is 4.35. The van der Waals surface area contributed by atoms with Crippen LogP contribution >= 0.6 is 0 Å². The normalized spacial score (nSPS) is 12.5. The van der Waals surface area contributed by atoms with E-state index in [0.29, 0.717) is 0 Å². The maximum absolute atomic E-state index is 6.13. The second-order valence-corrected chi connectivity index (χ2v) is 4.35. The predicted molar refractivity (Wildman–Crippen MR) is 71.8 cm³/mol. The molecule has 90 valence electrons. The van der Waals surface area contributed by atoms with Gasteiger partial charge in [-0.2, -0.15) is 0 Å². The molecule has 2 nitrogen and oxygen atoms in total. The van der Waals surface area contributed by atoms with Crippen LogP contribution in [-0.2, 0) is 0 Å². The molecule has 0 fully saturated rings. The van der Waals surface area contributed by atoms with Crippen molar-refractivity contribution in [2.75, 3.05) is 18.5 Å². The zero-order valence-electron chi connectivity index (χ0n) is 10.7. The lowest BCUT2D eigenvalue weighted by atomic mass is 10.0. The first kappa shape index (κ1) is 13.0. The first-order valence-electron chi connectivity index (χ1n) is 6.26. The molecular formula is C14H24N2. The molecule has 0 amide bonds. The van der Waals surface area contributed by atoms with Gasteiger partial charge in [-0.15, -0.1) is 0 Å². The van der Waals surface area contributed by atoms with E-state index >= 15 is 0 Å². The van der Waals surface area contributed by atoms with E-state index in [-0.39, 0.29) is 6.04 Å². The van der Waals surface area contributed by atoms with Gasteiger partial charge in [-0.1, -0.05) is 38.5 Å². The standard InChI is InChI=1S/C14H24N2/c1-4-6-11-16(3)14-10-8-7-9-12(14)13(15)5-2/h7-10,13H,4-6,11,15H2,1-3H3/t13-/m0/s1. The molecule has 1 atom stereocenters. The minimum Gasteiger partial charge on any atom is -0.374 e. The molecule has 16 heavy (non-hydrogen) atoms. The fourth-order valence-corrected chi connectivity index (χ4v) is 1.88. The van der Waals surface area contributed by atoms with Crippen LogP contribution in [0.4, 0.5) is 5.69 Å². The van der Waals surface area contributed by atoms with Gasteiger partial charge < -0.3 is 10.6 Å². The molecule has 0 heterocycles. The predicted octanol–water partition coefficient (Wildman–Crippen LogP) is 3.33. The molecule has 0 aliphatic heterocycles. The Morgan fingerprint density at radius 3 is 2.56 bits per heavy atom. The third kappa shape index (κ3) is 3.24. The van der Waals surface area contributed by atoms with Crippen molar-refractivity contribution in [1.82, 2.24) is 0 Å². The molecule has 0 aromatic heterocycles. The van der Waals surface area contributed by atoms with Crippen LogP contribution in [0.15, 0.2) is 24.3 Å². The van der Waals surface area contributed by atoms with E-state index in [1.165, 1.54) is 24.1 Å². The van der Waals surface area contributed by atoms with Crippen molar-refractivity contribution in [2.24, 2.45) is 5.73 Å². The summed E-state index contributed by atoms with van der Waals surface area (Å²) >= 11 is 0. The largest absolute Gasteiger partial charge is 0.374 e. The summed E-state index contributed by atoms with van der Waals surface area (Å²) in [5.74, 6) is 0. The molecular weight excluding hydrogens is 196 g/mol. The Bertz CT molecular complexity index is 309. The lowest BCUT2D eigenvalue weighted by Crippen LogP contribution is -2.22. The number of anilines is 1. The zero-order chi connectivity index (χ0) is 12.0. The van der Waals surface area contributed by atoms with Crippen molar-refractivity contribution in [3.63, 3.8) is 0 Å². The zero-order valence-corrected chi connectivity index (χ0v) is 10.7. The van der Waals surface area contributed by atoms with E-state index < -0.39 is 0 Å². The van der Waals surface area contributed by atoms with Gasteiger partial charge in [0, 0.05) is 25.3 Å². The monoisotopic (exact) mass is 220 g/mol. The van der Waals surface area contributed by atoms with Crippen LogP contribution in [0.1, 0.15) is 44.7 Å². The van der Waals surface area contributed by atoms with Gasteiger partial charge in [-0.05, 0) is 24.5 Å². The number of unbranched alkanes of at least 4 members (excludes halogenated alkanes) is 1. The Kier molecular flexibility index (Phi) is 5.33. The van der Waals surface area contributed by atoms with Crippen LogP contribution in [0.3, 0.4) is 0 Å². The maximum atomic E-state index is 6.13. The van der Waals surface area contributed by atoms with Crippen molar-refractivity contribution >= 4 is 5.69 Å². The Hall–Kier alpha value is -1.02. The van der Waals surface area contributed by atoms with E-state index in [9.17, 15) is 0 Å². The van der Waals surface area contributed by atoms with Gasteiger partial charge in [-0.3, -0.25) is 0 Å². The molecule has 1 aromatic rings. The average Bonchev–Trinajstić information content (AvgIpc) is 2.35. The number of para-hydroxylation sites is 1. The quantitative estimate of drug-likeness (QED) is 0.796. The summed E-state index contributed by atoms with van der Waals surface area (Å²) in [5.41, 5.74) is 8.68. The van der Waals surface area contributed by atoms with E-state index in [2.05, 4.69) is 50.1 Å². The molecule has 0 saturated carbocycles. The van der Waals surface area contributed by atoms with Crippen LogP contribution in [0.5, 0.6) is 0 Å². The maximum Gasteiger partial charge on any atom is 0.0412 e. The molecule has 0 spiro atoms. The Balaban J connectivity index is 2.85. The molecule has 0 unspecified atom stereocenters. The highest BCUT2D eigenvalue weighted by molar-refractivity contribution is 5.54. The fourth-order valence-electron chi connectivity index (χ4n) is 1.88. The molecule has 0 aliphatic rings. The van der Waals surface area contributed by atoms with E-state index in [1.807, 2.05) is 0 Å². The lowest BCUT2D eigenvalue weighted by molar-refractivity contribution is 0.689. The van der Waals surface area contributed by atoms with E-state index in [1.54, 1.807) is 0 Å². The summed E-state index contributed by atoms with van der Waals surface area (Å²) in [4.78, 5) is 2.31. The highest BCUT2D eigenvalue weighted by Crippen LogP contribution is 2.26. The summed E-state index contributed by atoms with van der Waals surface area (Å²) in [6, 6.07) is 8.62. The number of hydrogen-bond acceptors (Lipinski definition) is 2. The average molecular weight is 220 g/mol. The fraction of sp³-hybridized carbons (Fsp3) is 0.571. The van der Waals surface area contributed by atoms with E-state index in [0.717, 1.165) is 13.0 Å². The molecule has 2 N–H and O–H groups in total. The van der Waals surface area contributed by atoms with Gasteiger partial charge in [0.15, 0.2) is 0 Å². The smallest absolute Gasteiger partial charge is 0.0412 e. The third-order valence-corrected chi connectivity index (χ3v) is 3.03. The van der Waals surface area contributed by atoms with Crippen molar-refractivity contribution in [3.05, 3.63) is 29.8 Å². The van der Waals surface area contributed by atoms with Crippen LogP contribution in [0.2, 0.25) is 0 Å². The van der Waals surface area contributed by atoms with Crippen LogP contribution < -0.4 is 10.6 Å². The number of nitrogens with two attached hydrogens (primary N) is 1. The summed E-state index contributed by atoms with van der Waals surface area (Å²) < 4.78 is 0. The molecule has 0 aliphatic carbocycles. The van der Waals surface area contributed by atoms with Gasteiger partial charge >= 0.3 is 0 Å². The number of benzene rings is 1. The molecule has 0 saturated heterocycles. The minimum atomic E-state index is 0.153. The molecule has 2 heteroatoms. The second kappa shape index (κ2) is 6.54. The van der Waals surface area contributed by atoms with Gasteiger partial charge in [0.2, 0.25) is 0 Å². The Morgan fingerprint density at radius 1 is 1.25 bits per heavy atom. The highest BCUT2D eigenvalue weighted by atomic mass is 15.1. The first-order chi connectivity index (χ1) is 7.70. The van der Waals surface area contributed by atoms with Gasteiger partial charge in [0.1, 0.15) is 0 Å². The molecule has 0 bridgehead atoms. The van der Waals surface area contributed by atoms with Gasteiger partial charge in [0.25, 0.3) is 0 Å². The van der Waals surface area contributed by atoms with Gasteiger partial charge in [-0.25, -0.2) is 0 Å². The minimum absolute atomic E-state index is 0.153. The summed E-state index contributed by atoms with van der Waals surface area (Å²) in [6.07, 6.45) is 3.44. The highest BCUT2D eigenvalue weighted by Gasteiger charge is 2.11. The Morgan fingerprint density at radius 2 is 1.94 bits per heavy atom. The number of rotatable bonds is 6. The SMILES string of the molecule is CCCCN(C)c1ccccc1[C@@H](N)CC. The van der Waals surface area contributed by atoms with Gasteiger partial charge in [0.05, 0.1) is 0 Å². The van der Waals surface area contributed by atoms with Crippen molar-refractivity contribution in [3.8, 4) is 0 Å². The summed E-state index contributed by atoms with van der Waals surface area (Å²) in [7, 11) is 2.15. The van der Waals surface area contributed by atoms with Crippen LogP contribution in [-0.4, -0.2) is 13.6 Å².